The number of anilines is 1. The van der Waals surface area contributed by atoms with Gasteiger partial charge in [-0.2, -0.15) is 0 Å². The van der Waals surface area contributed by atoms with Crippen molar-refractivity contribution < 1.29 is 19.4 Å². The molecule has 1 aliphatic heterocycles. The molecule has 4 N–H and O–H groups in total. The Bertz CT molecular complexity index is 518. The van der Waals surface area contributed by atoms with Gasteiger partial charge in [0.1, 0.15) is 6.10 Å². The monoisotopic (exact) mass is 292 g/mol. The lowest BCUT2D eigenvalue weighted by Crippen LogP contribution is -2.30. The van der Waals surface area contributed by atoms with E-state index in [1.165, 1.54) is 0 Å². The Labute approximate surface area is 123 Å². The summed E-state index contributed by atoms with van der Waals surface area (Å²) in [7, 11) is 0. The number of carbonyl (C=O) groups excluding carboxylic acids is 1. The van der Waals surface area contributed by atoms with Gasteiger partial charge in [-0.05, 0) is 30.9 Å². The van der Waals surface area contributed by atoms with E-state index in [0.29, 0.717) is 25.1 Å². The van der Waals surface area contributed by atoms with Gasteiger partial charge in [0.25, 0.3) is 5.91 Å². The molecular weight excluding hydrogens is 272 g/mol. The van der Waals surface area contributed by atoms with Crippen molar-refractivity contribution in [3.8, 4) is 0 Å². The molecule has 21 heavy (non-hydrogen) atoms. The van der Waals surface area contributed by atoms with E-state index in [-0.39, 0.29) is 18.4 Å². The molecular formula is C15H20N2O4. The summed E-state index contributed by atoms with van der Waals surface area (Å²) in [4.78, 5) is 22.8. The van der Waals surface area contributed by atoms with E-state index in [1.54, 1.807) is 12.1 Å². The maximum absolute atomic E-state index is 12.2. The average molecular weight is 292 g/mol. The summed E-state index contributed by atoms with van der Waals surface area (Å²) in [5, 5.41) is 11.6. The summed E-state index contributed by atoms with van der Waals surface area (Å²) in [5.41, 5.74) is 6.98. The Morgan fingerprint density at radius 2 is 2.10 bits per heavy atom. The van der Waals surface area contributed by atoms with Crippen LogP contribution in [0.5, 0.6) is 0 Å². The fraction of sp³-hybridized carbons (Fsp3) is 0.467. The lowest BCUT2D eigenvalue weighted by Gasteiger charge is -2.15. The molecule has 1 heterocycles. The van der Waals surface area contributed by atoms with Crippen molar-refractivity contribution in [1.29, 1.82) is 0 Å². The zero-order valence-corrected chi connectivity index (χ0v) is 11.7. The van der Waals surface area contributed by atoms with E-state index >= 15 is 0 Å². The van der Waals surface area contributed by atoms with E-state index < -0.39 is 12.1 Å². The highest BCUT2D eigenvalue weighted by Crippen LogP contribution is 2.22. The first kappa shape index (κ1) is 15.5. The topological polar surface area (TPSA) is 102 Å². The molecule has 114 valence electrons. The van der Waals surface area contributed by atoms with Gasteiger partial charge in [0.15, 0.2) is 0 Å². The van der Waals surface area contributed by atoms with Crippen molar-refractivity contribution in [3.63, 3.8) is 0 Å². The third kappa shape index (κ3) is 4.27. The third-order valence-corrected chi connectivity index (χ3v) is 3.55. The van der Waals surface area contributed by atoms with Crippen LogP contribution in [0.2, 0.25) is 0 Å². The number of aliphatic carboxylic acids is 1. The minimum Gasteiger partial charge on any atom is -0.481 e. The van der Waals surface area contributed by atoms with Crippen LogP contribution in [0.1, 0.15) is 24.8 Å². The van der Waals surface area contributed by atoms with Crippen LogP contribution < -0.4 is 11.1 Å². The van der Waals surface area contributed by atoms with Crippen LogP contribution in [-0.2, 0) is 20.7 Å². The minimum absolute atomic E-state index is 0.0298. The second-order valence-electron chi connectivity index (χ2n) is 5.10. The third-order valence-electron chi connectivity index (χ3n) is 3.55. The Hall–Kier alpha value is -1.92. The molecule has 0 aromatic heterocycles. The number of amides is 1. The number of nitrogens with two attached hydrogens (primary N) is 1. The van der Waals surface area contributed by atoms with Crippen LogP contribution in [0.15, 0.2) is 24.3 Å². The minimum atomic E-state index is -0.860. The van der Waals surface area contributed by atoms with Crippen molar-refractivity contribution in [2.24, 2.45) is 5.73 Å². The Morgan fingerprint density at radius 1 is 1.33 bits per heavy atom. The number of carbonyl (C=O) groups is 2. The van der Waals surface area contributed by atoms with Crippen molar-refractivity contribution in [3.05, 3.63) is 29.8 Å². The lowest BCUT2D eigenvalue weighted by molar-refractivity contribution is -0.137. The quantitative estimate of drug-likeness (QED) is 0.730. The normalized spacial score (nSPS) is 21.2. The number of carboxylic acids is 1. The highest BCUT2D eigenvalue weighted by atomic mass is 16.5. The predicted molar refractivity (Wildman–Crippen MR) is 78.0 cm³/mol. The van der Waals surface area contributed by atoms with Gasteiger partial charge in [0.2, 0.25) is 0 Å². The second-order valence-corrected chi connectivity index (χ2v) is 5.10. The zero-order valence-electron chi connectivity index (χ0n) is 11.7. The van der Waals surface area contributed by atoms with Crippen LogP contribution in [0.4, 0.5) is 5.69 Å². The fourth-order valence-electron chi connectivity index (χ4n) is 2.39. The number of aryl methyl sites for hydroxylation is 1. The van der Waals surface area contributed by atoms with Gasteiger partial charge in [0, 0.05) is 18.7 Å². The molecule has 1 fully saturated rings. The first-order valence-corrected chi connectivity index (χ1v) is 7.06. The molecule has 0 bridgehead atoms. The highest BCUT2D eigenvalue weighted by molar-refractivity contribution is 5.95. The second kappa shape index (κ2) is 7.19. The largest absolute Gasteiger partial charge is 0.481 e. The molecule has 0 radical (unpaired) electrons. The summed E-state index contributed by atoms with van der Waals surface area (Å²) in [6.45, 7) is 0.416. The van der Waals surface area contributed by atoms with Crippen LogP contribution in [-0.4, -0.2) is 35.7 Å². The van der Waals surface area contributed by atoms with Crippen LogP contribution in [0.25, 0.3) is 0 Å². The lowest BCUT2D eigenvalue weighted by atomic mass is 10.1. The molecule has 2 atom stereocenters. The standard InChI is InChI=1S/C15H20N2O4/c16-9-11-6-7-13(21-11)15(20)17-12-4-2-1-3-10(12)5-8-14(18)19/h1-4,11,13H,5-9,16H2,(H,17,20)(H,18,19). The summed E-state index contributed by atoms with van der Waals surface area (Å²) in [5.74, 6) is -1.06. The van der Waals surface area contributed by atoms with E-state index in [0.717, 1.165) is 12.0 Å². The maximum Gasteiger partial charge on any atom is 0.303 e. The number of rotatable bonds is 6. The van der Waals surface area contributed by atoms with Gasteiger partial charge in [-0.1, -0.05) is 18.2 Å². The molecule has 1 aromatic rings. The Balaban J connectivity index is 1.99. The van der Waals surface area contributed by atoms with Crippen LogP contribution in [0, 0.1) is 0 Å². The fourth-order valence-corrected chi connectivity index (χ4v) is 2.39. The Morgan fingerprint density at radius 3 is 2.76 bits per heavy atom. The van der Waals surface area contributed by atoms with Gasteiger partial charge in [-0.3, -0.25) is 9.59 Å². The maximum atomic E-state index is 12.2. The van der Waals surface area contributed by atoms with E-state index in [2.05, 4.69) is 5.32 Å². The van der Waals surface area contributed by atoms with Gasteiger partial charge < -0.3 is 20.9 Å². The molecule has 6 nitrogen and oxygen atoms in total. The van der Waals surface area contributed by atoms with Crippen molar-refractivity contribution in [1.82, 2.24) is 0 Å². The van der Waals surface area contributed by atoms with Crippen LogP contribution in [0.3, 0.4) is 0 Å². The summed E-state index contributed by atoms with van der Waals surface area (Å²) >= 11 is 0. The first-order valence-electron chi connectivity index (χ1n) is 7.06. The molecule has 6 heteroatoms. The molecule has 0 saturated carbocycles. The molecule has 1 aliphatic rings. The number of para-hydroxylation sites is 1. The first-order chi connectivity index (χ1) is 10.1. The number of hydrogen-bond donors (Lipinski definition) is 3. The van der Waals surface area contributed by atoms with Gasteiger partial charge in [-0.15, -0.1) is 0 Å². The SMILES string of the molecule is NCC1CCC(C(=O)Nc2ccccc2CCC(=O)O)O1. The molecule has 1 aromatic carbocycles. The number of hydrogen-bond acceptors (Lipinski definition) is 4. The van der Waals surface area contributed by atoms with Gasteiger partial charge in [0.05, 0.1) is 6.10 Å². The predicted octanol–water partition coefficient (Wildman–Crippen LogP) is 1.15. The molecule has 1 saturated heterocycles. The summed E-state index contributed by atoms with van der Waals surface area (Å²) in [6.07, 6.45) is 1.32. The summed E-state index contributed by atoms with van der Waals surface area (Å²) in [6, 6.07) is 7.21. The van der Waals surface area contributed by atoms with Crippen molar-refractivity contribution >= 4 is 17.6 Å². The molecule has 2 unspecified atom stereocenters. The number of carboxylic acid groups (broad SMARTS) is 1. The van der Waals surface area contributed by atoms with Gasteiger partial charge in [-0.25, -0.2) is 0 Å². The number of nitrogens with one attached hydrogen (secondary N) is 1. The van der Waals surface area contributed by atoms with E-state index in [9.17, 15) is 9.59 Å². The zero-order chi connectivity index (χ0) is 15.2. The molecule has 1 amide bonds. The molecule has 0 spiro atoms. The molecule has 0 aliphatic carbocycles. The highest BCUT2D eigenvalue weighted by Gasteiger charge is 2.30. The number of ether oxygens (including phenoxy) is 1. The molecule has 2 rings (SSSR count). The van der Waals surface area contributed by atoms with Gasteiger partial charge >= 0.3 is 5.97 Å². The van der Waals surface area contributed by atoms with E-state index in [1.807, 2.05) is 12.1 Å². The average Bonchev–Trinajstić information content (AvgIpc) is 2.95. The Kier molecular flexibility index (Phi) is 5.30. The van der Waals surface area contributed by atoms with Crippen molar-refractivity contribution in [2.45, 2.75) is 37.9 Å². The smallest absolute Gasteiger partial charge is 0.303 e. The number of benzene rings is 1. The van der Waals surface area contributed by atoms with Crippen LogP contribution >= 0.6 is 0 Å². The summed E-state index contributed by atoms with van der Waals surface area (Å²) < 4.78 is 5.55. The van der Waals surface area contributed by atoms with E-state index in [4.69, 9.17) is 15.6 Å². The van der Waals surface area contributed by atoms with Crippen molar-refractivity contribution in [2.75, 3.05) is 11.9 Å².